The fourth-order valence-electron chi connectivity index (χ4n) is 1.67. The van der Waals surface area contributed by atoms with Crippen LogP contribution in [-0.4, -0.2) is 48.4 Å². The highest BCUT2D eigenvalue weighted by Crippen LogP contribution is 2.03. The first-order valence-electron chi connectivity index (χ1n) is 5.09. The van der Waals surface area contributed by atoms with Gasteiger partial charge in [-0.3, -0.25) is 9.69 Å². The third kappa shape index (κ3) is 3.35. The second-order valence-corrected chi connectivity index (χ2v) is 3.61. The standard InChI is InChI=1S/C10H17N3O/c1-10(14)13-8-6-12(7-9-13)5-3-2-4-11/h2-3,5-9H2,1H3. The molecular weight excluding hydrogens is 178 g/mol. The van der Waals surface area contributed by atoms with Gasteiger partial charge in [-0.2, -0.15) is 5.26 Å². The summed E-state index contributed by atoms with van der Waals surface area (Å²) in [5, 5.41) is 8.39. The molecule has 0 atom stereocenters. The van der Waals surface area contributed by atoms with Crippen molar-refractivity contribution in [1.82, 2.24) is 9.80 Å². The van der Waals surface area contributed by atoms with Gasteiger partial charge in [0.15, 0.2) is 0 Å². The molecule has 1 aliphatic rings. The summed E-state index contributed by atoms with van der Waals surface area (Å²) in [4.78, 5) is 15.2. The summed E-state index contributed by atoms with van der Waals surface area (Å²) in [5.41, 5.74) is 0. The molecule has 0 aromatic rings. The lowest BCUT2D eigenvalue weighted by molar-refractivity contribution is -0.130. The van der Waals surface area contributed by atoms with E-state index in [0.29, 0.717) is 6.42 Å². The van der Waals surface area contributed by atoms with Crippen LogP contribution in [0.4, 0.5) is 0 Å². The molecule has 0 aromatic carbocycles. The van der Waals surface area contributed by atoms with E-state index < -0.39 is 0 Å². The Hall–Kier alpha value is -1.08. The Morgan fingerprint density at radius 1 is 1.36 bits per heavy atom. The van der Waals surface area contributed by atoms with Crippen LogP contribution < -0.4 is 0 Å². The molecule has 0 aromatic heterocycles. The Labute approximate surface area is 85.1 Å². The van der Waals surface area contributed by atoms with E-state index in [1.165, 1.54) is 0 Å². The van der Waals surface area contributed by atoms with Crippen LogP contribution >= 0.6 is 0 Å². The number of hydrogen-bond donors (Lipinski definition) is 0. The molecule has 0 saturated carbocycles. The molecule has 1 aliphatic heterocycles. The summed E-state index contributed by atoms with van der Waals surface area (Å²) in [6.07, 6.45) is 1.57. The van der Waals surface area contributed by atoms with Gasteiger partial charge in [-0.05, 0) is 13.0 Å². The van der Waals surface area contributed by atoms with E-state index in [-0.39, 0.29) is 5.91 Å². The minimum Gasteiger partial charge on any atom is -0.340 e. The minimum absolute atomic E-state index is 0.168. The smallest absolute Gasteiger partial charge is 0.219 e. The molecule has 1 heterocycles. The van der Waals surface area contributed by atoms with Gasteiger partial charge in [0.05, 0.1) is 6.07 Å². The molecule has 1 fully saturated rings. The molecule has 0 spiro atoms. The maximum Gasteiger partial charge on any atom is 0.219 e. The molecule has 78 valence electrons. The Balaban J connectivity index is 2.16. The minimum atomic E-state index is 0.168. The Morgan fingerprint density at radius 2 is 2.00 bits per heavy atom. The van der Waals surface area contributed by atoms with E-state index in [2.05, 4.69) is 11.0 Å². The number of rotatable bonds is 3. The summed E-state index contributed by atoms with van der Waals surface area (Å²) < 4.78 is 0. The lowest BCUT2D eigenvalue weighted by Crippen LogP contribution is -2.48. The Kier molecular flexibility index (Phi) is 4.41. The zero-order valence-corrected chi connectivity index (χ0v) is 8.70. The first-order chi connectivity index (χ1) is 6.74. The van der Waals surface area contributed by atoms with Crippen molar-refractivity contribution >= 4 is 5.91 Å². The molecule has 14 heavy (non-hydrogen) atoms. The lowest BCUT2D eigenvalue weighted by Gasteiger charge is -2.33. The van der Waals surface area contributed by atoms with Crippen LogP contribution in [0, 0.1) is 11.3 Å². The highest BCUT2D eigenvalue weighted by atomic mass is 16.2. The van der Waals surface area contributed by atoms with Gasteiger partial charge in [-0.1, -0.05) is 0 Å². The summed E-state index contributed by atoms with van der Waals surface area (Å²) in [6, 6.07) is 2.14. The van der Waals surface area contributed by atoms with E-state index in [0.717, 1.165) is 39.1 Å². The van der Waals surface area contributed by atoms with Crippen molar-refractivity contribution < 1.29 is 4.79 Å². The normalized spacial score (nSPS) is 17.9. The molecule has 0 aliphatic carbocycles. The van der Waals surface area contributed by atoms with E-state index in [1.807, 2.05) is 4.90 Å². The number of hydrogen-bond acceptors (Lipinski definition) is 3. The van der Waals surface area contributed by atoms with Crippen LogP contribution in [0.1, 0.15) is 19.8 Å². The number of unbranched alkanes of at least 4 members (excludes halogenated alkanes) is 1. The maximum absolute atomic E-state index is 11.0. The van der Waals surface area contributed by atoms with Crippen LogP contribution in [0.15, 0.2) is 0 Å². The zero-order valence-electron chi connectivity index (χ0n) is 8.70. The van der Waals surface area contributed by atoms with Crippen LogP contribution in [0.5, 0.6) is 0 Å². The molecule has 0 unspecified atom stereocenters. The average molecular weight is 195 g/mol. The molecule has 0 N–H and O–H groups in total. The molecule has 0 bridgehead atoms. The third-order valence-electron chi connectivity index (χ3n) is 2.58. The summed E-state index contributed by atoms with van der Waals surface area (Å²) >= 11 is 0. The largest absolute Gasteiger partial charge is 0.340 e. The average Bonchev–Trinajstić information content (AvgIpc) is 2.19. The SMILES string of the molecule is CC(=O)N1CCN(CCCC#N)CC1. The van der Waals surface area contributed by atoms with Gasteiger partial charge in [0, 0.05) is 39.5 Å². The Bertz CT molecular complexity index is 226. The lowest BCUT2D eigenvalue weighted by atomic mass is 10.2. The van der Waals surface area contributed by atoms with Crippen molar-refractivity contribution in [3.63, 3.8) is 0 Å². The third-order valence-corrected chi connectivity index (χ3v) is 2.58. The Morgan fingerprint density at radius 3 is 2.50 bits per heavy atom. The fourth-order valence-corrected chi connectivity index (χ4v) is 1.67. The van der Waals surface area contributed by atoms with E-state index >= 15 is 0 Å². The van der Waals surface area contributed by atoms with Gasteiger partial charge >= 0.3 is 0 Å². The van der Waals surface area contributed by atoms with E-state index in [1.54, 1.807) is 6.92 Å². The molecule has 4 nitrogen and oxygen atoms in total. The molecule has 0 radical (unpaired) electrons. The number of piperazine rings is 1. The summed E-state index contributed by atoms with van der Waals surface area (Å²) in [5.74, 6) is 0.168. The quantitative estimate of drug-likeness (QED) is 0.614. The van der Waals surface area contributed by atoms with E-state index in [4.69, 9.17) is 5.26 Å². The van der Waals surface area contributed by atoms with Gasteiger partial charge in [-0.15, -0.1) is 0 Å². The zero-order chi connectivity index (χ0) is 10.4. The molecule has 1 saturated heterocycles. The van der Waals surface area contributed by atoms with Crippen molar-refractivity contribution in [3.8, 4) is 6.07 Å². The van der Waals surface area contributed by atoms with Crippen LogP contribution in [0.3, 0.4) is 0 Å². The van der Waals surface area contributed by atoms with Gasteiger partial charge in [-0.25, -0.2) is 0 Å². The maximum atomic E-state index is 11.0. The first kappa shape index (κ1) is 11.0. The first-order valence-corrected chi connectivity index (χ1v) is 5.09. The van der Waals surface area contributed by atoms with Gasteiger partial charge < -0.3 is 4.90 Å². The van der Waals surface area contributed by atoms with Crippen molar-refractivity contribution in [2.24, 2.45) is 0 Å². The number of nitrogens with zero attached hydrogens (tertiary/aromatic N) is 3. The highest BCUT2D eigenvalue weighted by Gasteiger charge is 2.17. The topological polar surface area (TPSA) is 47.3 Å². The fraction of sp³-hybridized carbons (Fsp3) is 0.800. The number of amides is 1. The van der Waals surface area contributed by atoms with Crippen LogP contribution in [-0.2, 0) is 4.79 Å². The monoisotopic (exact) mass is 195 g/mol. The summed E-state index contributed by atoms with van der Waals surface area (Å²) in [6.45, 7) is 6.17. The van der Waals surface area contributed by atoms with Crippen LogP contribution in [0.2, 0.25) is 0 Å². The van der Waals surface area contributed by atoms with Gasteiger partial charge in [0.1, 0.15) is 0 Å². The van der Waals surface area contributed by atoms with Crippen LogP contribution in [0.25, 0.3) is 0 Å². The highest BCUT2D eigenvalue weighted by molar-refractivity contribution is 5.73. The second-order valence-electron chi connectivity index (χ2n) is 3.61. The number of carbonyl (C=O) groups is 1. The molecule has 4 heteroatoms. The van der Waals surface area contributed by atoms with Crippen molar-refractivity contribution in [2.75, 3.05) is 32.7 Å². The predicted molar refractivity (Wildman–Crippen MR) is 53.5 cm³/mol. The molecule has 1 amide bonds. The number of carbonyl (C=O) groups excluding carboxylic acids is 1. The predicted octanol–water partition coefficient (Wildman–Crippen LogP) is 0.454. The molecular formula is C10H17N3O. The van der Waals surface area contributed by atoms with Crippen molar-refractivity contribution in [3.05, 3.63) is 0 Å². The van der Waals surface area contributed by atoms with Gasteiger partial charge in [0.25, 0.3) is 0 Å². The van der Waals surface area contributed by atoms with Gasteiger partial charge in [0.2, 0.25) is 5.91 Å². The second kappa shape index (κ2) is 5.61. The van der Waals surface area contributed by atoms with E-state index in [9.17, 15) is 4.79 Å². The molecule has 1 rings (SSSR count). The van der Waals surface area contributed by atoms with Crippen molar-refractivity contribution in [1.29, 1.82) is 5.26 Å². The summed E-state index contributed by atoms with van der Waals surface area (Å²) in [7, 11) is 0. The van der Waals surface area contributed by atoms with Crippen molar-refractivity contribution in [2.45, 2.75) is 19.8 Å². The number of nitriles is 1.